The van der Waals surface area contributed by atoms with Crippen molar-refractivity contribution in [1.29, 1.82) is 0 Å². The fourth-order valence-electron chi connectivity index (χ4n) is 3.46. The Morgan fingerprint density at radius 1 is 1.07 bits per heavy atom. The molecule has 2 heterocycles. The molecule has 0 unspecified atom stereocenters. The Labute approximate surface area is 172 Å². The van der Waals surface area contributed by atoms with Crippen molar-refractivity contribution in [2.24, 2.45) is 0 Å². The van der Waals surface area contributed by atoms with Crippen molar-refractivity contribution in [3.63, 3.8) is 0 Å². The van der Waals surface area contributed by atoms with Crippen LogP contribution in [0.1, 0.15) is 23.0 Å². The number of Topliss-reactive ketones (excluding diaryl/α,β-unsaturated/α-hetero) is 1. The SMILES string of the molecule is CC(=O)c1ccc(N2CCN(Cc3csc(-c4ccc(F)cc4)n3)CC2)c(F)c1. The van der Waals surface area contributed by atoms with Crippen LogP contribution >= 0.6 is 11.3 Å². The first kappa shape index (κ1) is 19.7. The highest BCUT2D eigenvalue weighted by Gasteiger charge is 2.21. The van der Waals surface area contributed by atoms with Gasteiger partial charge in [-0.25, -0.2) is 13.8 Å². The topological polar surface area (TPSA) is 36.4 Å². The molecular formula is C22H21F2N3OS. The normalized spacial score (nSPS) is 14.9. The van der Waals surface area contributed by atoms with Crippen LogP contribution in [0.3, 0.4) is 0 Å². The number of anilines is 1. The van der Waals surface area contributed by atoms with Gasteiger partial charge in [0.2, 0.25) is 0 Å². The Morgan fingerprint density at radius 2 is 1.79 bits per heavy atom. The maximum Gasteiger partial charge on any atom is 0.159 e. The van der Waals surface area contributed by atoms with E-state index in [9.17, 15) is 13.6 Å². The molecule has 0 bridgehead atoms. The first-order valence-corrected chi connectivity index (χ1v) is 10.4. The minimum atomic E-state index is -0.352. The quantitative estimate of drug-likeness (QED) is 0.572. The molecule has 1 fully saturated rings. The second-order valence-electron chi connectivity index (χ2n) is 7.14. The summed E-state index contributed by atoms with van der Waals surface area (Å²) in [6, 6.07) is 11.0. The molecule has 0 aliphatic carbocycles. The molecule has 150 valence electrons. The fraction of sp³-hybridized carbons (Fsp3) is 0.273. The van der Waals surface area contributed by atoms with Crippen LogP contribution < -0.4 is 4.90 Å². The van der Waals surface area contributed by atoms with Gasteiger partial charge >= 0.3 is 0 Å². The van der Waals surface area contributed by atoms with Gasteiger partial charge in [-0.2, -0.15) is 0 Å². The molecule has 29 heavy (non-hydrogen) atoms. The zero-order valence-electron chi connectivity index (χ0n) is 16.1. The minimum absolute atomic E-state index is 0.136. The number of carbonyl (C=O) groups is 1. The molecular weight excluding hydrogens is 392 g/mol. The average Bonchev–Trinajstić information content (AvgIpc) is 3.17. The van der Waals surface area contributed by atoms with Crippen LogP contribution in [0, 0.1) is 11.6 Å². The highest BCUT2D eigenvalue weighted by molar-refractivity contribution is 7.13. The molecule has 4 rings (SSSR count). The second kappa shape index (κ2) is 8.39. The van der Waals surface area contributed by atoms with Crippen LogP contribution in [-0.2, 0) is 6.54 Å². The van der Waals surface area contributed by atoms with Gasteiger partial charge in [0, 0.05) is 49.2 Å². The van der Waals surface area contributed by atoms with Crippen LogP contribution in [0.4, 0.5) is 14.5 Å². The first-order chi connectivity index (χ1) is 14.0. The van der Waals surface area contributed by atoms with Crippen LogP contribution in [0.25, 0.3) is 10.6 Å². The van der Waals surface area contributed by atoms with Crippen LogP contribution in [0.5, 0.6) is 0 Å². The number of rotatable bonds is 5. The summed E-state index contributed by atoms with van der Waals surface area (Å²) in [6.45, 7) is 5.20. The number of nitrogens with zero attached hydrogens (tertiary/aromatic N) is 3. The van der Waals surface area contributed by atoms with E-state index in [0.717, 1.165) is 35.9 Å². The van der Waals surface area contributed by atoms with Gasteiger partial charge in [-0.3, -0.25) is 9.69 Å². The molecule has 1 aromatic heterocycles. The number of thiazole rings is 1. The Kier molecular flexibility index (Phi) is 5.69. The van der Waals surface area contributed by atoms with Gasteiger partial charge in [-0.1, -0.05) is 0 Å². The van der Waals surface area contributed by atoms with Crippen molar-refractivity contribution in [3.8, 4) is 10.6 Å². The number of hydrogen-bond acceptors (Lipinski definition) is 5. The molecule has 0 spiro atoms. The number of carbonyl (C=O) groups excluding carboxylic acids is 1. The van der Waals surface area contributed by atoms with E-state index >= 15 is 0 Å². The van der Waals surface area contributed by atoms with E-state index in [2.05, 4.69) is 9.88 Å². The first-order valence-electron chi connectivity index (χ1n) is 9.48. The van der Waals surface area contributed by atoms with Gasteiger partial charge in [-0.15, -0.1) is 11.3 Å². The summed E-state index contributed by atoms with van der Waals surface area (Å²) in [5.74, 6) is -0.742. The van der Waals surface area contributed by atoms with E-state index in [1.54, 1.807) is 35.6 Å². The van der Waals surface area contributed by atoms with Gasteiger partial charge < -0.3 is 4.90 Å². The van der Waals surface area contributed by atoms with Crippen molar-refractivity contribution >= 4 is 22.8 Å². The van der Waals surface area contributed by atoms with Gasteiger partial charge in [-0.05, 0) is 49.4 Å². The smallest absolute Gasteiger partial charge is 0.159 e. The fourth-order valence-corrected chi connectivity index (χ4v) is 4.28. The zero-order valence-corrected chi connectivity index (χ0v) is 16.9. The number of hydrogen-bond donors (Lipinski definition) is 0. The summed E-state index contributed by atoms with van der Waals surface area (Å²) >= 11 is 1.55. The minimum Gasteiger partial charge on any atom is -0.367 e. The number of halogens is 2. The summed E-state index contributed by atoms with van der Waals surface area (Å²) in [4.78, 5) is 20.4. The Morgan fingerprint density at radius 3 is 2.45 bits per heavy atom. The van der Waals surface area contributed by atoms with Crippen molar-refractivity contribution in [2.45, 2.75) is 13.5 Å². The lowest BCUT2D eigenvalue weighted by molar-refractivity contribution is 0.101. The Hall–Kier alpha value is -2.64. The number of piperazine rings is 1. The molecule has 0 N–H and O–H groups in total. The Balaban J connectivity index is 1.36. The summed E-state index contributed by atoms with van der Waals surface area (Å²) in [5.41, 5.74) is 2.84. The highest BCUT2D eigenvalue weighted by atomic mass is 32.1. The summed E-state index contributed by atoms with van der Waals surface area (Å²) in [5, 5.41) is 2.91. The van der Waals surface area contributed by atoms with Crippen molar-refractivity contribution in [2.75, 3.05) is 31.1 Å². The third-order valence-electron chi connectivity index (χ3n) is 5.10. The third kappa shape index (κ3) is 4.52. The number of benzene rings is 2. The molecule has 2 aromatic carbocycles. The van der Waals surface area contributed by atoms with E-state index in [4.69, 9.17) is 0 Å². The summed E-state index contributed by atoms with van der Waals surface area (Å²) in [7, 11) is 0. The van der Waals surface area contributed by atoms with Crippen LogP contribution in [0.15, 0.2) is 47.8 Å². The molecule has 3 aromatic rings. The molecule has 1 aliphatic rings. The average molecular weight is 413 g/mol. The molecule has 0 radical (unpaired) electrons. The molecule has 7 heteroatoms. The molecule has 1 aliphatic heterocycles. The third-order valence-corrected chi connectivity index (χ3v) is 6.04. The van der Waals surface area contributed by atoms with Crippen molar-refractivity contribution < 1.29 is 13.6 Å². The molecule has 1 saturated heterocycles. The van der Waals surface area contributed by atoms with Crippen molar-refractivity contribution in [3.05, 3.63) is 70.7 Å². The molecule has 0 saturated carbocycles. The largest absolute Gasteiger partial charge is 0.367 e. The van der Waals surface area contributed by atoms with Crippen molar-refractivity contribution in [1.82, 2.24) is 9.88 Å². The van der Waals surface area contributed by atoms with Crippen LogP contribution in [-0.4, -0.2) is 41.8 Å². The van der Waals surface area contributed by atoms with E-state index in [-0.39, 0.29) is 17.4 Å². The lowest BCUT2D eigenvalue weighted by Gasteiger charge is -2.36. The summed E-state index contributed by atoms with van der Waals surface area (Å²) in [6.07, 6.45) is 0. The Bertz CT molecular complexity index is 1010. The van der Waals surface area contributed by atoms with E-state index < -0.39 is 0 Å². The summed E-state index contributed by atoms with van der Waals surface area (Å²) < 4.78 is 27.5. The molecule has 4 nitrogen and oxygen atoms in total. The molecule has 0 atom stereocenters. The predicted molar refractivity (Wildman–Crippen MR) is 111 cm³/mol. The highest BCUT2D eigenvalue weighted by Crippen LogP contribution is 2.26. The number of ketones is 1. The van der Waals surface area contributed by atoms with Crippen LogP contribution in [0.2, 0.25) is 0 Å². The van der Waals surface area contributed by atoms with E-state index in [1.807, 2.05) is 10.3 Å². The van der Waals surface area contributed by atoms with Gasteiger partial charge in [0.05, 0.1) is 11.4 Å². The maximum absolute atomic E-state index is 14.4. The van der Waals surface area contributed by atoms with Gasteiger partial charge in [0.15, 0.2) is 5.78 Å². The standard InChI is InChI=1S/C22H21F2N3OS/c1-15(28)17-4-7-21(20(24)12-17)27-10-8-26(9-11-27)13-19-14-29-22(25-19)16-2-5-18(23)6-3-16/h2-7,12,14H,8-11,13H2,1H3. The van der Waals surface area contributed by atoms with E-state index in [1.165, 1.54) is 25.1 Å². The monoisotopic (exact) mass is 413 g/mol. The lowest BCUT2D eigenvalue weighted by atomic mass is 10.1. The number of aromatic nitrogens is 1. The second-order valence-corrected chi connectivity index (χ2v) is 7.99. The zero-order chi connectivity index (χ0) is 20.4. The maximum atomic E-state index is 14.4. The van der Waals surface area contributed by atoms with E-state index in [0.29, 0.717) is 24.3 Å². The predicted octanol–water partition coefficient (Wildman–Crippen LogP) is 4.61. The van der Waals surface area contributed by atoms with Gasteiger partial charge in [0.1, 0.15) is 16.6 Å². The van der Waals surface area contributed by atoms with Gasteiger partial charge in [0.25, 0.3) is 0 Å². The molecule has 0 amide bonds. The lowest BCUT2D eigenvalue weighted by Crippen LogP contribution is -2.46.